The first kappa shape index (κ1) is 46.5. The van der Waals surface area contributed by atoms with Crippen molar-refractivity contribution in [1.29, 1.82) is 0 Å². The molecule has 2 saturated carbocycles. The third-order valence-corrected chi connectivity index (χ3v) is 12.2. The fourth-order valence-corrected chi connectivity index (χ4v) is 9.73. The summed E-state index contributed by atoms with van der Waals surface area (Å²) in [6.07, 6.45) is -12.0. The smallest absolute Gasteiger partial charge is 0.340 e. The number of pyridine rings is 1. The van der Waals surface area contributed by atoms with Crippen LogP contribution in [0.4, 0.5) is 0 Å². The van der Waals surface area contributed by atoms with E-state index in [1.165, 1.54) is 49.5 Å². The summed E-state index contributed by atoms with van der Waals surface area (Å²) in [6, 6.07) is 10.1. The normalized spacial score (nSPS) is 35.8. The highest BCUT2D eigenvalue weighted by atomic mass is 16.7. The molecule has 0 radical (unpaired) electrons. The topological polar surface area (TPSA) is 273 Å². The van der Waals surface area contributed by atoms with Crippen LogP contribution >= 0.6 is 0 Å². The van der Waals surface area contributed by atoms with Gasteiger partial charge in [-0.2, -0.15) is 0 Å². The number of carbonyl (C=O) groups is 8. The summed E-state index contributed by atoms with van der Waals surface area (Å²) in [7, 11) is 0. The zero-order chi connectivity index (χ0) is 46.4. The van der Waals surface area contributed by atoms with Crippen LogP contribution in [0.3, 0.4) is 0 Å². The number of ether oxygens (including phenoxy) is 9. The number of benzene rings is 1. The number of fused-ring (bicyclic) bond motifs is 5. The average Bonchev–Trinajstić information content (AvgIpc) is 3.42. The Balaban J connectivity index is 1.79. The number of hydrogen-bond acceptors (Lipinski definition) is 20. The van der Waals surface area contributed by atoms with Gasteiger partial charge in [0.15, 0.2) is 35.6 Å². The van der Waals surface area contributed by atoms with E-state index in [1.807, 2.05) is 0 Å². The number of carbonyl (C=O) groups excluding carboxylic acids is 8. The van der Waals surface area contributed by atoms with Gasteiger partial charge in [-0.05, 0) is 57.9 Å². The second-order valence-electron chi connectivity index (χ2n) is 16.7. The average molecular weight is 884 g/mol. The minimum Gasteiger partial charge on any atom is -0.465 e. The monoisotopic (exact) mass is 883 g/mol. The molecule has 20 nitrogen and oxygen atoms in total. The predicted molar refractivity (Wildman–Crippen MR) is 207 cm³/mol. The number of aromatic nitrogens is 1. The van der Waals surface area contributed by atoms with Gasteiger partial charge in [0.05, 0.1) is 22.7 Å². The maximum Gasteiger partial charge on any atom is 0.340 e. The van der Waals surface area contributed by atoms with Gasteiger partial charge in [-0.3, -0.25) is 29.0 Å². The van der Waals surface area contributed by atoms with Crippen LogP contribution in [0.25, 0.3) is 0 Å². The summed E-state index contributed by atoms with van der Waals surface area (Å²) in [4.78, 5) is 113. The lowest BCUT2D eigenvalue weighted by atomic mass is 9.45. The lowest BCUT2D eigenvalue weighted by molar-refractivity contribution is -0.386. The van der Waals surface area contributed by atoms with Crippen molar-refractivity contribution in [1.82, 2.24) is 4.98 Å². The van der Waals surface area contributed by atoms with Crippen LogP contribution in [0.15, 0.2) is 48.7 Å². The van der Waals surface area contributed by atoms with Crippen LogP contribution in [0.2, 0.25) is 0 Å². The molecule has 6 rings (SSSR count). The zero-order valence-corrected chi connectivity index (χ0v) is 35.8. The van der Waals surface area contributed by atoms with Crippen LogP contribution in [-0.4, -0.2) is 135 Å². The van der Waals surface area contributed by atoms with Gasteiger partial charge in [0, 0.05) is 40.8 Å². The first-order valence-electron chi connectivity index (χ1n) is 20.0. The Labute approximate surface area is 360 Å². The van der Waals surface area contributed by atoms with E-state index in [-0.39, 0.29) is 23.2 Å². The standard InChI is InChI=1S/C43H49NO19/c1-21(45)55-20-42-34(59-24(4)48)30(57-22(2)46)29-32(58-23(3)47)43(42)41(8,54)33(31(35(42)60-25(5)49)61-36(50)26-13-10-9-11-14-26)62-38(52)39(6,53)17-16-28-27(15-12-18-44-28)37(51)56-19-40(29,7)63-43/h9-15,18,29-35,53-54H,16-17,19-20H2,1-8H3/t29?,30-,31+,32-,33+,34-,35+,39?,40-,41?,42-,43+/m1/s1. The van der Waals surface area contributed by atoms with Gasteiger partial charge in [0.25, 0.3) is 0 Å². The second kappa shape index (κ2) is 16.9. The van der Waals surface area contributed by atoms with Crippen molar-refractivity contribution in [2.75, 3.05) is 13.2 Å². The molecule has 12 atom stereocenters. The third kappa shape index (κ3) is 7.99. The Morgan fingerprint density at radius 2 is 1.33 bits per heavy atom. The number of esters is 8. The quantitative estimate of drug-likeness (QED) is 0.279. The van der Waals surface area contributed by atoms with Crippen molar-refractivity contribution in [3.63, 3.8) is 0 Å². The van der Waals surface area contributed by atoms with E-state index in [4.69, 9.17) is 42.6 Å². The van der Waals surface area contributed by atoms with E-state index in [0.29, 0.717) is 0 Å². The molecule has 20 heteroatoms. The molecule has 340 valence electrons. The molecule has 0 amide bonds. The molecule has 3 fully saturated rings. The first-order chi connectivity index (χ1) is 29.4. The summed E-state index contributed by atoms with van der Waals surface area (Å²) in [5, 5.41) is 25.4. The Hall–Kier alpha value is -5.99. The number of nitrogens with zero attached hydrogens (tertiary/aromatic N) is 1. The van der Waals surface area contributed by atoms with E-state index >= 15 is 0 Å². The zero-order valence-electron chi connectivity index (χ0n) is 35.8. The summed E-state index contributed by atoms with van der Waals surface area (Å²) in [5.74, 6) is -10.5. The van der Waals surface area contributed by atoms with Gasteiger partial charge < -0.3 is 52.8 Å². The Morgan fingerprint density at radius 3 is 1.92 bits per heavy atom. The number of hydrogen-bond donors (Lipinski definition) is 2. The van der Waals surface area contributed by atoms with Crippen LogP contribution in [0.5, 0.6) is 0 Å². The Morgan fingerprint density at radius 1 is 0.746 bits per heavy atom. The Bertz CT molecular complexity index is 2190. The number of aliphatic hydroxyl groups is 2. The van der Waals surface area contributed by atoms with E-state index in [2.05, 4.69) is 4.98 Å². The molecule has 3 unspecified atom stereocenters. The number of rotatable bonds is 8. The van der Waals surface area contributed by atoms with Gasteiger partial charge in [-0.1, -0.05) is 18.2 Å². The van der Waals surface area contributed by atoms with Gasteiger partial charge >= 0.3 is 47.8 Å². The fourth-order valence-electron chi connectivity index (χ4n) is 9.73. The maximum absolute atomic E-state index is 14.5. The first-order valence-corrected chi connectivity index (χ1v) is 20.0. The molecule has 4 bridgehead atoms. The summed E-state index contributed by atoms with van der Waals surface area (Å²) >= 11 is 0. The molecule has 1 spiro atoms. The van der Waals surface area contributed by atoms with Crippen LogP contribution in [0, 0.1) is 11.3 Å². The minimum absolute atomic E-state index is 0.0847. The highest BCUT2D eigenvalue weighted by Crippen LogP contribution is 2.70. The summed E-state index contributed by atoms with van der Waals surface area (Å²) < 4.78 is 54.9. The lowest BCUT2D eigenvalue weighted by Gasteiger charge is -2.67. The van der Waals surface area contributed by atoms with Crippen molar-refractivity contribution in [2.45, 2.75) is 127 Å². The molecule has 2 aliphatic heterocycles. The molecular formula is C43H49NO19. The van der Waals surface area contributed by atoms with Gasteiger partial charge in [0.1, 0.15) is 42.0 Å². The SMILES string of the molecule is CC(=O)OC[C@]12[C@H](OC(C)=O)[C@H](OC(C)=O)C3[C@@H](OC(C)=O)[C@@]14O[C@]3(C)COC(=O)c1cccnc1CCC(C)(O)C(=O)O[C@@H]([C@H](OC(=O)c1ccccc1)[C@@H]2OC(C)=O)C4(C)O. The van der Waals surface area contributed by atoms with Gasteiger partial charge in [-0.15, -0.1) is 0 Å². The molecule has 63 heavy (non-hydrogen) atoms. The van der Waals surface area contributed by atoms with Crippen molar-refractivity contribution in [3.8, 4) is 0 Å². The van der Waals surface area contributed by atoms with Crippen molar-refractivity contribution < 1.29 is 91.2 Å². The molecule has 1 aromatic heterocycles. The molecule has 2 aromatic rings. The summed E-state index contributed by atoms with van der Waals surface area (Å²) in [5.41, 5.74) is -13.3. The fraction of sp³-hybridized carbons (Fsp3) is 0.558. The largest absolute Gasteiger partial charge is 0.465 e. The lowest BCUT2D eigenvalue weighted by Crippen LogP contribution is -2.89. The van der Waals surface area contributed by atoms with Crippen molar-refractivity contribution >= 4 is 47.8 Å². The van der Waals surface area contributed by atoms with Crippen LogP contribution in [-0.2, 0) is 77.8 Å². The molecule has 1 aromatic carbocycles. The third-order valence-electron chi connectivity index (χ3n) is 12.2. The predicted octanol–water partition coefficient (Wildman–Crippen LogP) is 1.27. The van der Waals surface area contributed by atoms with Crippen LogP contribution < -0.4 is 0 Å². The second-order valence-corrected chi connectivity index (χ2v) is 16.7. The van der Waals surface area contributed by atoms with E-state index in [1.54, 1.807) is 6.07 Å². The van der Waals surface area contributed by atoms with E-state index in [9.17, 15) is 48.6 Å². The highest BCUT2D eigenvalue weighted by Gasteiger charge is 2.92. The highest BCUT2D eigenvalue weighted by molar-refractivity contribution is 5.91. The number of aryl methyl sites for hydroxylation is 1. The molecule has 2 N–H and O–H groups in total. The molecule has 1 saturated heterocycles. The molecular weight excluding hydrogens is 834 g/mol. The van der Waals surface area contributed by atoms with Crippen molar-refractivity contribution in [2.24, 2.45) is 11.3 Å². The van der Waals surface area contributed by atoms with Gasteiger partial charge in [0.2, 0.25) is 0 Å². The maximum atomic E-state index is 14.5. The molecule has 3 heterocycles. The van der Waals surface area contributed by atoms with Crippen LogP contribution in [0.1, 0.15) is 88.2 Å². The molecule has 4 aliphatic rings. The number of cyclic esters (lactones) is 1. The summed E-state index contributed by atoms with van der Waals surface area (Å²) in [6.45, 7) is 6.37. The van der Waals surface area contributed by atoms with Crippen molar-refractivity contribution in [3.05, 3.63) is 65.5 Å². The van der Waals surface area contributed by atoms with E-state index in [0.717, 1.165) is 48.5 Å². The molecule has 2 aliphatic carbocycles. The Kier molecular flexibility index (Phi) is 12.5. The minimum atomic E-state index is -2.98. The van der Waals surface area contributed by atoms with E-state index < -0.39 is 138 Å². The van der Waals surface area contributed by atoms with Gasteiger partial charge in [-0.25, -0.2) is 14.4 Å².